The Morgan fingerprint density at radius 1 is 0.818 bits per heavy atom. The van der Waals surface area contributed by atoms with Crippen LogP contribution in [0.4, 0.5) is 0 Å². The van der Waals surface area contributed by atoms with E-state index in [9.17, 15) is 20.1 Å². The molecule has 2 unspecified atom stereocenters. The van der Waals surface area contributed by atoms with Crippen LogP contribution in [0.25, 0.3) is 0 Å². The van der Waals surface area contributed by atoms with E-state index < -0.39 is 17.8 Å². The standard InChI is InChI=1S/C28H24N2O3/c1-33-24-14-12-22(13-15-24)27(31)17-25(21-8-4-2-5-9-21)26(16-20(18-29)19-30)28(32)23-10-6-3-7-11-23/h2-15,20,25-26H,16-17H2,1H3. The highest BCUT2D eigenvalue weighted by Crippen LogP contribution is 2.36. The summed E-state index contributed by atoms with van der Waals surface area (Å²) in [6, 6.07) is 29.0. The van der Waals surface area contributed by atoms with Crippen LogP contribution in [-0.4, -0.2) is 18.7 Å². The molecule has 0 amide bonds. The van der Waals surface area contributed by atoms with Crippen molar-refractivity contribution < 1.29 is 14.3 Å². The van der Waals surface area contributed by atoms with Gasteiger partial charge in [0.15, 0.2) is 11.6 Å². The first-order valence-electron chi connectivity index (χ1n) is 10.7. The van der Waals surface area contributed by atoms with Crippen LogP contribution in [-0.2, 0) is 0 Å². The Kier molecular flexibility index (Phi) is 8.11. The summed E-state index contributed by atoms with van der Waals surface area (Å²) in [7, 11) is 1.56. The van der Waals surface area contributed by atoms with Crippen molar-refractivity contribution in [2.24, 2.45) is 11.8 Å². The van der Waals surface area contributed by atoms with Gasteiger partial charge in [-0.3, -0.25) is 9.59 Å². The van der Waals surface area contributed by atoms with Gasteiger partial charge >= 0.3 is 0 Å². The van der Waals surface area contributed by atoms with Crippen molar-refractivity contribution in [3.8, 4) is 17.9 Å². The van der Waals surface area contributed by atoms with Gasteiger partial charge in [-0.05, 0) is 36.2 Å². The van der Waals surface area contributed by atoms with Crippen LogP contribution in [0.5, 0.6) is 5.75 Å². The first-order chi connectivity index (χ1) is 16.1. The van der Waals surface area contributed by atoms with Crippen molar-refractivity contribution in [2.45, 2.75) is 18.8 Å². The number of benzene rings is 3. The second kappa shape index (κ2) is 11.4. The average molecular weight is 437 g/mol. The van der Waals surface area contributed by atoms with Crippen molar-refractivity contribution in [3.05, 3.63) is 102 Å². The summed E-state index contributed by atoms with van der Waals surface area (Å²) < 4.78 is 5.17. The lowest BCUT2D eigenvalue weighted by molar-refractivity contribution is 0.0864. The number of hydrogen-bond donors (Lipinski definition) is 0. The first-order valence-corrected chi connectivity index (χ1v) is 10.7. The highest BCUT2D eigenvalue weighted by molar-refractivity contribution is 6.00. The second-order valence-electron chi connectivity index (χ2n) is 7.76. The molecule has 164 valence electrons. The third kappa shape index (κ3) is 5.93. The van der Waals surface area contributed by atoms with E-state index in [0.29, 0.717) is 16.9 Å². The van der Waals surface area contributed by atoms with Crippen LogP contribution in [0.3, 0.4) is 0 Å². The molecule has 2 atom stereocenters. The topological polar surface area (TPSA) is 90.9 Å². The number of rotatable bonds is 10. The third-order valence-corrected chi connectivity index (χ3v) is 5.73. The van der Waals surface area contributed by atoms with Gasteiger partial charge in [-0.2, -0.15) is 10.5 Å². The van der Waals surface area contributed by atoms with E-state index in [0.717, 1.165) is 5.56 Å². The SMILES string of the molecule is COc1ccc(C(=O)CC(c2ccccc2)C(CC(C#N)C#N)C(=O)c2ccccc2)cc1. The van der Waals surface area contributed by atoms with E-state index in [-0.39, 0.29) is 24.4 Å². The maximum atomic E-state index is 13.6. The van der Waals surface area contributed by atoms with Crippen molar-refractivity contribution in [2.75, 3.05) is 7.11 Å². The first kappa shape index (κ1) is 23.4. The minimum absolute atomic E-state index is 0.0518. The molecule has 0 aromatic heterocycles. The number of methoxy groups -OCH3 is 1. The van der Waals surface area contributed by atoms with Gasteiger partial charge in [0.25, 0.3) is 0 Å². The Morgan fingerprint density at radius 2 is 1.39 bits per heavy atom. The van der Waals surface area contributed by atoms with E-state index in [1.165, 1.54) is 0 Å². The number of carbonyl (C=O) groups is 2. The number of hydrogen-bond acceptors (Lipinski definition) is 5. The minimum Gasteiger partial charge on any atom is -0.497 e. The Hall–Kier alpha value is -4.22. The molecule has 0 N–H and O–H groups in total. The maximum absolute atomic E-state index is 13.6. The highest BCUT2D eigenvalue weighted by Gasteiger charge is 2.34. The molecule has 5 nitrogen and oxygen atoms in total. The van der Waals surface area contributed by atoms with Gasteiger partial charge < -0.3 is 4.74 Å². The summed E-state index contributed by atoms with van der Waals surface area (Å²) in [6.45, 7) is 0. The second-order valence-corrected chi connectivity index (χ2v) is 7.76. The van der Waals surface area contributed by atoms with Gasteiger partial charge in [-0.25, -0.2) is 0 Å². The predicted octanol–water partition coefficient (Wildman–Crippen LogP) is 5.60. The summed E-state index contributed by atoms with van der Waals surface area (Å²) in [5.41, 5.74) is 1.83. The number of nitrogens with zero attached hydrogens (tertiary/aromatic N) is 2. The molecular formula is C28H24N2O3. The Balaban J connectivity index is 2.02. The quantitative estimate of drug-likeness (QED) is 0.386. The number of nitriles is 2. The molecule has 0 saturated carbocycles. The molecule has 0 radical (unpaired) electrons. The van der Waals surface area contributed by atoms with E-state index >= 15 is 0 Å². The molecule has 5 heteroatoms. The summed E-state index contributed by atoms with van der Waals surface area (Å²) in [4.78, 5) is 26.8. The fourth-order valence-electron chi connectivity index (χ4n) is 3.95. The zero-order valence-electron chi connectivity index (χ0n) is 18.3. The lowest BCUT2D eigenvalue weighted by Gasteiger charge is -2.27. The lowest BCUT2D eigenvalue weighted by Crippen LogP contribution is -2.27. The van der Waals surface area contributed by atoms with Crippen molar-refractivity contribution in [1.82, 2.24) is 0 Å². The Labute approximate surface area is 193 Å². The van der Waals surface area contributed by atoms with Gasteiger partial charge in [0, 0.05) is 29.4 Å². The molecule has 0 bridgehead atoms. The molecule has 0 aliphatic carbocycles. The summed E-state index contributed by atoms with van der Waals surface area (Å²) >= 11 is 0. The van der Waals surface area contributed by atoms with E-state index in [1.807, 2.05) is 48.5 Å². The number of ketones is 2. The zero-order chi connectivity index (χ0) is 23.6. The van der Waals surface area contributed by atoms with E-state index in [4.69, 9.17) is 4.74 Å². The normalized spacial score (nSPS) is 12.2. The monoisotopic (exact) mass is 436 g/mol. The fourth-order valence-corrected chi connectivity index (χ4v) is 3.95. The van der Waals surface area contributed by atoms with E-state index in [2.05, 4.69) is 0 Å². The highest BCUT2D eigenvalue weighted by atomic mass is 16.5. The molecule has 3 aromatic rings. The van der Waals surface area contributed by atoms with Crippen LogP contribution in [0.15, 0.2) is 84.9 Å². The summed E-state index contributed by atoms with van der Waals surface area (Å²) in [6.07, 6.45) is 0.124. The van der Waals surface area contributed by atoms with Gasteiger partial charge in [0.2, 0.25) is 0 Å². The zero-order valence-corrected chi connectivity index (χ0v) is 18.3. The Bertz CT molecular complexity index is 1150. The molecule has 0 aliphatic rings. The summed E-state index contributed by atoms with van der Waals surface area (Å²) in [5, 5.41) is 18.9. The predicted molar refractivity (Wildman–Crippen MR) is 125 cm³/mol. The van der Waals surface area contributed by atoms with Crippen LogP contribution >= 0.6 is 0 Å². The molecule has 0 fully saturated rings. The minimum atomic E-state index is -0.954. The molecule has 33 heavy (non-hydrogen) atoms. The van der Waals surface area contributed by atoms with Gasteiger partial charge in [0.05, 0.1) is 19.2 Å². The lowest BCUT2D eigenvalue weighted by atomic mass is 9.74. The molecule has 0 saturated heterocycles. The number of carbonyl (C=O) groups excluding carboxylic acids is 2. The maximum Gasteiger partial charge on any atom is 0.166 e. The van der Waals surface area contributed by atoms with Crippen LogP contribution in [0.2, 0.25) is 0 Å². The molecule has 0 heterocycles. The van der Waals surface area contributed by atoms with Crippen molar-refractivity contribution >= 4 is 11.6 Å². The van der Waals surface area contributed by atoms with Crippen LogP contribution in [0.1, 0.15) is 45.0 Å². The smallest absolute Gasteiger partial charge is 0.166 e. The van der Waals surface area contributed by atoms with Gasteiger partial charge in [-0.15, -0.1) is 0 Å². The molecule has 0 spiro atoms. The van der Waals surface area contributed by atoms with Crippen molar-refractivity contribution in [3.63, 3.8) is 0 Å². The molecule has 3 rings (SSSR count). The fraction of sp³-hybridized carbons (Fsp3) is 0.214. The van der Waals surface area contributed by atoms with Gasteiger partial charge in [-0.1, -0.05) is 60.7 Å². The Morgan fingerprint density at radius 3 is 1.94 bits per heavy atom. The average Bonchev–Trinajstić information content (AvgIpc) is 2.89. The largest absolute Gasteiger partial charge is 0.497 e. The van der Waals surface area contributed by atoms with E-state index in [1.54, 1.807) is 55.6 Å². The molecular weight excluding hydrogens is 412 g/mol. The van der Waals surface area contributed by atoms with Gasteiger partial charge in [0.1, 0.15) is 11.7 Å². The van der Waals surface area contributed by atoms with Crippen LogP contribution in [0, 0.1) is 34.5 Å². The molecule has 3 aromatic carbocycles. The molecule has 0 aliphatic heterocycles. The summed E-state index contributed by atoms with van der Waals surface area (Å²) in [5.74, 6) is -1.80. The van der Waals surface area contributed by atoms with Crippen molar-refractivity contribution in [1.29, 1.82) is 10.5 Å². The van der Waals surface area contributed by atoms with Crippen LogP contribution < -0.4 is 4.74 Å². The number of Topliss-reactive ketones (excluding diaryl/α,β-unsaturated/α-hetero) is 2. The third-order valence-electron chi connectivity index (χ3n) is 5.73. The number of ether oxygens (including phenoxy) is 1.